The molecule has 0 aromatic rings. The van der Waals surface area contributed by atoms with Gasteiger partial charge in [0.25, 0.3) is 0 Å². The SMILES string of the molecule is C[N+](C)(C)C.[Cl-].[Cl][Zn][Cl]. The molecule has 0 aliphatic carbocycles. The maximum absolute atomic E-state index is 4.95. The molecule has 0 amide bonds. The number of hydrogen-bond acceptors (Lipinski definition) is 0. The molecule has 0 heterocycles. The summed E-state index contributed by atoms with van der Waals surface area (Å²) in [7, 11) is 18.4. The molecule has 0 N–H and O–H groups in total. The van der Waals surface area contributed by atoms with Gasteiger partial charge in [-0.15, -0.1) is 0 Å². The molecule has 0 aromatic heterocycles. The van der Waals surface area contributed by atoms with Crippen molar-refractivity contribution in [3.05, 3.63) is 0 Å². The third kappa shape index (κ3) is 249. The fourth-order valence-electron chi connectivity index (χ4n) is 0. The Hall–Kier alpha value is 1.45. The van der Waals surface area contributed by atoms with Crippen LogP contribution in [-0.4, -0.2) is 32.7 Å². The van der Waals surface area contributed by atoms with Crippen LogP contribution in [0.5, 0.6) is 0 Å². The van der Waals surface area contributed by atoms with E-state index in [0.717, 1.165) is 4.48 Å². The molecular formula is C4H12Cl3NZn. The molecule has 0 fully saturated rings. The standard InChI is InChI=1S/C4H12N.3ClH.Zn/c1-5(2,3)4;;;;/h1-4H3;3*1H;/q+1;;;;+2/p-3. The van der Waals surface area contributed by atoms with Gasteiger partial charge in [-0.05, 0) is 0 Å². The summed E-state index contributed by atoms with van der Waals surface area (Å²) in [6.45, 7) is 0. The summed E-state index contributed by atoms with van der Waals surface area (Å²) in [5, 5.41) is 0. The van der Waals surface area contributed by atoms with E-state index in [1.54, 1.807) is 0 Å². The molecule has 9 heavy (non-hydrogen) atoms. The van der Waals surface area contributed by atoms with Gasteiger partial charge in [0.1, 0.15) is 0 Å². The summed E-state index contributed by atoms with van der Waals surface area (Å²) in [6, 6.07) is 0. The maximum atomic E-state index is 4.95. The normalized spacial score (nSPS) is 7.78. The second kappa shape index (κ2) is 9.45. The van der Waals surface area contributed by atoms with Crippen molar-refractivity contribution in [2.45, 2.75) is 0 Å². The summed E-state index contributed by atoms with van der Waals surface area (Å²) in [5.41, 5.74) is 0. The Morgan fingerprint density at radius 2 is 1.00 bits per heavy atom. The second-order valence-electron chi connectivity index (χ2n) is 2.78. The van der Waals surface area contributed by atoms with Crippen LogP contribution >= 0.6 is 19.4 Å². The minimum absolute atomic E-state index is 0. The van der Waals surface area contributed by atoms with E-state index in [4.69, 9.17) is 19.4 Å². The molecule has 56 valence electrons. The van der Waals surface area contributed by atoms with Crippen LogP contribution in [-0.2, 0) is 15.1 Å². The molecule has 0 aromatic carbocycles. The number of hydrogen-bond donors (Lipinski definition) is 0. The first kappa shape index (κ1) is 16.8. The zero-order chi connectivity index (χ0) is 7.21. The van der Waals surface area contributed by atoms with E-state index in [-0.39, 0.29) is 12.4 Å². The Kier molecular flexibility index (Phi) is 17.7. The zero-order valence-corrected chi connectivity index (χ0v) is 11.5. The molecule has 0 unspecified atom stereocenters. The van der Waals surface area contributed by atoms with Gasteiger partial charge >= 0.3 is 34.5 Å². The Morgan fingerprint density at radius 3 is 1.00 bits per heavy atom. The van der Waals surface area contributed by atoms with Crippen LogP contribution in [0.3, 0.4) is 0 Å². The van der Waals surface area contributed by atoms with Crippen molar-refractivity contribution >= 4 is 19.4 Å². The molecule has 0 saturated heterocycles. The van der Waals surface area contributed by atoms with Crippen molar-refractivity contribution in [2.75, 3.05) is 28.2 Å². The molecule has 0 saturated carbocycles. The predicted molar refractivity (Wildman–Crippen MR) is 35.7 cm³/mol. The van der Waals surface area contributed by atoms with Gasteiger partial charge < -0.3 is 16.9 Å². The second-order valence-corrected chi connectivity index (χ2v) is 7.41. The van der Waals surface area contributed by atoms with Crippen LogP contribution in [0.2, 0.25) is 0 Å². The first-order chi connectivity index (χ1) is 3.41. The van der Waals surface area contributed by atoms with Crippen LogP contribution in [0.15, 0.2) is 0 Å². The zero-order valence-electron chi connectivity index (χ0n) is 6.29. The van der Waals surface area contributed by atoms with Gasteiger partial charge in [-0.2, -0.15) is 0 Å². The number of nitrogens with zero attached hydrogens (tertiary/aromatic N) is 1. The summed E-state index contributed by atoms with van der Waals surface area (Å²) < 4.78 is 1.00. The fourth-order valence-corrected chi connectivity index (χ4v) is 0. The van der Waals surface area contributed by atoms with Crippen LogP contribution < -0.4 is 12.4 Å². The van der Waals surface area contributed by atoms with E-state index in [9.17, 15) is 0 Å². The molecule has 1 nitrogen and oxygen atoms in total. The number of rotatable bonds is 0. The third-order valence-electron chi connectivity index (χ3n) is 0. The quantitative estimate of drug-likeness (QED) is 0.368. The number of halogens is 3. The predicted octanol–water partition coefficient (Wildman–Crippen LogP) is -1.30. The van der Waals surface area contributed by atoms with Gasteiger partial charge in [0, 0.05) is 0 Å². The van der Waals surface area contributed by atoms with Crippen molar-refractivity contribution in [3.8, 4) is 0 Å². The van der Waals surface area contributed by atoms with Crippen molar-refractivity contribution in [3.63, 3.8) is 0 Å². The molecule has 5 heteroatoms. The van der Waals surface area contributed by atoms with E-state index in [1.165, 1.54) is 0 Å². The number of quaternary nitrogens is 1. The van der Waals surface area contributed by atoms with Gasteiger partial charge in [-0.3, -0.25) is 0 Å². The van der Waals surface area contributed by atoms with Crippen molar-refractivity contribution in [2.24, 2.45) is 0 Å². The van der Waals surface area contributed by atoms with E-state index in [2.05, 4.69) is 28.2 Å². The molecule has 0 atom stereocenters. The Bertz CT molecular complexity index is 39.6. The molecule has 0 radical (unpaired) electrons. The van der Waals surface area contributed by atoms with Gasteiger partial charge in [0.15, 0.2) is 0 Å². The van der Waals surface area contributed by atoms with Crippen molar-refractivity contribution in [1.29, 1.82) is 0 Å². The summed E-state index contributed by atoms with van der Waals surface area (Å²) in [6.07, 6.45) is 0. The minimum atomic E-state index is -0.931. The Labute approximate surface area is 79.4 Å². The monoisotopic (exact) mass is 243 g/mol. The average Bonchev–Trinajstić information content (AvgIpc) is 1.27. The molecule has 0 bridgehead atoms. The fraction of sp³-hybridized carbons (Fsp3) is 1.00. The summed E-state index contributed by atoms with van der Waals surface area (Å²) >= 11 is -0.931. The first-order valence-electron chi connectivity index (χ1n) is 2.32. The van der Waals surface area contributed by atoms with E-state index < -0.39 is 15.1 Å². The van der Waals surface area contributed by atoms with Crippen LogP contribution in [0, 0.1) is 0 Å². The van der Waals surface area contributed by atoms with Gasteiger partial charge in [-0.1, -0.05) is 0 Å². The van der Waals surface area contributed by atoms with Crippen molar-refractivity contribution in [1.82, 2.24) is 0 Å². The van der Waals surface area contributed by atoms with Crippen LogP contribution in [0.4, 0.5) is 0 Å². The summed E-state index contributed by atoms with van der Waals surface area (Å²) in [5.74, 6) is 0. The van der Waals surface area contributed by atoms with Crippen LogP contribution in [0.1, 0.15) is 0 Å². The van der Waals surface area contributed by atoms with E-state index in [0.29, 0.717) is 0 Å². The molecule has 0 aliphatic heterocycles. The van der Waals surface area contributed by atoms with Crippen molar-refractivity contribution < 1.29 is 32.0 Å². The molecule has 0 spiro atoms. The van der Waals surface area contributed by atoms with Gasteiger partial charge in [0.05, 0.1) is 28.2 Å². The summed E-state index contributed by atoms with van der Waals surface area (Å²) in [4.78, 5) is 0. The van der Waals surface area contributed by atoms with Crippen LogP contribution in [0.25, 0.3) is 0 Å². The Morgan fingerprint density at radius 1 is 1.00 bits per heavy atom. The van der Waals surface area contributed by atoms with E-state index >= 15 is 0 Å². The average molecular weight is 246 g/mol. The van der Waals surface area contributed by atoms with Gasteiger partial charge in [-0.25, -0.2) is 0 Å². The molecule has 0 rings (SSSR count). The topological polar surface area (TPSA) is 0 Å². The van der Waals surface area contributed by atoms with Gasteiger partial charge in [0.2, 0.25) is 0 Å². The third-order valence-corrected chi connectivity index (χ3v) is 0. The molecular weight excluding hydrogens is 234 g/mol. The first-order valence-corrected chi connectivity index (χ1v) is 10.1. The molecule has 0 aliphatic rings. The Balaban J connectivity index is -0.0000000800. The van der Waals surface area contributed by atoms with E-state index in [1.807, 2.05) is 0 Å².